The molecule has 8 heteroatoms. The maximum atomic E-state index is 12.8. The molecule has 24 heavy (non-hydrogen) atoms. The van der Waals surface area contributed by atoms with E-state index in [2.05, 4.69) is 0 Å². The van der Waals surface area contributed by atoms with Crippen LogP contribution < -0.4 is 5.73 Å². The topological polar surface area (TPSA) is 66.6 Å². The number of hydrogen-bond acceptors (Lipinski definition) is 3. The van der Waals surface area contributed by atoms with E-state index < -0.39 is 23.6 Å². The molecule has 1 aliphatic rings. The average molecular weight is 343 g/mol. The molecule has 1 heterocycles. The van der Waals surface area contributed by atoms with Crippen LogP contribution in [0.1, 0.15) is 18.1 Å². The van der Waals surface area contributed by atoms with Crippen LogP contribution in [0.5, 0.6) is 0 Å². The lowest BCUT2D eigenvalue weighted by molar-refractivity contribution is -0.137. The van der Waals surface area contributed by atoms with Gasteiger partial charge in [0.1, 0.15) is 0 Å². The minimum absolute atomic E-state index is 0.151. The molecule has 0 bridgehead atoms. The molecule has 132 valence electrons. The van der Waals surface area contributed by atoms with Gasteiger partial charge < -0.3 is 10.6 Å². The van der Waals surface area contributed by atoms with Gasteiger partial charge in [-0.25, -0.2) is 0 Å². The lowest BCUT2D eigenvalue weighted by Gasteiger charge is -2.22. The molecule has 1 atom stereocenters. The fourth-order valence-electron chi connectivity index (χ4n) is 2.79. The zero-order valence-electron chi connectivity index (χ0n) is 13.3. The predicted molar refractivity (Wildman–Crippen MR) is 81.7 cm³/mol. The van der Waals surface area contributed by atoms with Gasteiger partial charge in [0.05, 0.1) is 11.5 Å². The zero-order valence-corrected chi connectivity index (χ0v) is 13.3. The van der Waals surface area contributed by atoms with E-state index in [0.29, 0.717) is 25.2 Å². The zero-order chi connectivity index (χ0) is 17.9. The van der Waals surface area contributed by atoms with Crippen LogP contribution in [0.4, 0.5) is 13.2 Å². The van der Waals surface area contributed by atoms with Gasteiger partial charge in [-0.3, -0.25) is 14.5 Å². The van der Waals surface area contributed by atoms with Gasteiger partial charge in [-0.15, -0.1) is 0 Å². The van der Waals surface area contributed by atoms with Crippen LogP contribution in [0.15, 0.2) is 24.3 Å². The van der Waals surface area contributed by atoms with Crippen molar-refractivity contribution in [2.24, 2.45) is 11.7 Å². The van der Waals surface area contributed by atoms with Crippen LogP contribution in [0.2, 0.25) is 0 Å². The average Bonchev–Trinajstić information content (AvgIpc) is 2.69. The molecule has 0 aliphatic carbocycles. The molecule has 1 aromatic rings. The van der Waals surface area contributed by atoms with Crippen molar-refractivity contribution in [2.45, 2.75) is 19.6 Å². The minimum atomic E-state index is -4.39. The summed E-state index contributed by atoms with van der Waals surface area (Å²) in [6.07, 6.45) is -4.39. The Balaban J connectivity index is 2.14. The molecule has 2 rings (SSSR count). The highest BCUT2D eigenvalue weighted by atomic mass is 19.4. The third kappa shape index (κ3) is 4.70. The summed E-state index contributed by atoms with van der Waals surface area (Å²) in [4.78, 5) is 26.5. The molecule has 0 aromatic heterocycles. The van der Waals surface area contributed by atoms with E-state index in [1.807, 2.05) is 4.90 Å². The fraction of sp³-hybridized carbons (Fsp3) is 0.500. The lowest BCUT2D eigenvalue weighted by Crippen LogP contribution is -2.39. The number of rotatable bonds is 3. The Kier molecular flexibility index (Phi) is 5.48. The summed E-state index contributed by atoms with van der Waals surface area (Å²) in [6, 6.07) is 5.11. The number of benzene rings is 1. The van der Waals surface area contributed by atoms with Gasteiger partial charge in [0.25, 0.3) is 0 Å². The Hall–Kier alpha value is -2.09. The van der Waals surface area contributed by atoms with Crippen molar-refractivity contribution in [3.63, 3.8) is 0 Å². The third-order valence-electron chi connectivity index (χ3n) is 4.11. The Bertz CT molecular complexity index is 619. The van der Waals surface area contributed by atoms with Crippen LogP contribution in [0.3, 0.4) is 0 Å². The Morgan fingerprint density at radius 1 is 1.25 bits per heavy atom. The monoisotopic (exact) mass is 343 g/mol. The molecule has 2 amide bonds. The summed E-state index contributed by atoms with van der Waals surface area (Å²) in [5.74, 6) is -1.21. The first-order valence-electron chi connectivity index (χ1n) is 7.60. The molecule has 0 radical (unpaired) electrons. The molecular formula is C16H20F3N3O2. The van der Waals surface area contributed by atoms with Gasteiger partial charge in [-0.05, 0) is 11.6 Å². The lowest BCUT2D eigenvalue weighted by atomic mass is 10.1. The van der Waals surface area contributed by atoms with Gasteiger partial charge >= 0.3 is 6.18 Å². The van der Waals surface area contributed by atoms with Crippen molar-refractivity contribution in [3.05, 3.63) is 35.4 Å². The van der Waals surface area contributed by atoms with Crippen molar-refractivity contribution >= 4 is 11.8 Å². The first-order chi connectivity index (χ1) is 11.2. The second-order valence-corrected chi connectivity index (χ2v) is 6.00. The summed E-state index contributed by atoms with van der Waals surface area (Å²) in [6.45, 7) is 3.12. The van der Waals surface area contributed by atoms with Crippen molar-refractivity contribution in [3.8, 4) is 0 Å². The van der Waals surface area contributed by atoms with Crippen molar-refractivity contribution in [1.29, 1.82) is 0 Å². The third-order valence-corrected chi connectivity index (χ3v) is 4.11. The highest BCUT2D eigenvalue weighted by Crippen LogP contribution is 2.29. The van der Waals surface area contributed by atoms with Crippen LogP contribution in [-0.4, -0.2) is 47.8 Å². The molecule has 0 spiro atoms. The van der Waals surface area contributed by atoms with E-state index in [-0.39, 0.29) is 19.0 Å². The van der Waals surface area contributed by atoms with Gasteiger partial charge in [0.15, 0.2) is 0 Å². The Labute approximate surface area is 138 Å². The van der Waals surface area contributed by atoms with Crippen LogP contribution in [0.25, 0.3) is 0 Å². The van der Waals surface area contributed by atoms with Gasteiger partial charge in [-0.1, -0.05) is 18.2 Å². The second-order valence-electron chi connectivity index (χ2n) is 6.00. The van der Waals surface area contributed by atoms with Crippen molar-refractivity contribution in [1.82, 2.24) is 9.80 Å². The fourth-order valence-corrected chi connectivity index (χ4v) is 2.79. The molecule has 0 unspecified atom stereocenters. The van der Waals surface area contributed by atoms with E-state index in [9.17, 15) is 22.8 Å². The number of carbonyl (C=O) groups is 2. The summed E-state index contributed by atoms with van der Waals surface area (Å²) >= 11 is 0. The normalized spacial score (nSPS) is 19.8. The number of nitrogens with two attached hydrogens (primary N) is 1. The quantitative estimate of drug-likeness (QED) is 0.904. The van der Waals surface area contributed by atoms with Gasteiger partial charge in [0.2, 0.25) is 11.8 Å². The van der Waals surface area contributed by atoms with Gasteiger partial charge in [-0.2, -0.15) is 13.2 Å². The second kappa shape index (κ2) is 7.21. The molecule has 1 fully saturated rings. The summed E-state index contributed by atoms with van der Waals surface area (Å²) in [5.41, 5.74) is 5.19. The highest BCUT2D eigenvalue weighted by Gasteiger charge is 2.31. The molecular weight excluding hydrogens is 323 g/mol. The summed E-state index contributed by atoms with van der Waals surface area (Å²) in [7, 11) is 0. The van der Waals surface area contributed by atoms with Crippen LogP contribution in [0, 0.1) is 5.92 Å². The summed E-state index contributed by atoms with van der Waals surface area (Å²) in [5, 5.41) is 0. The predicted octanol–water partition coefficient (Wildman–Crippen LogP) is 1.47. The first kappa shape index (κ1) is 18.3. The SMILES string of the molecule is CC(=O)N1CCN(Cc2cccc(C(F)(F)F)c2)C[C@H](C(N)=O)C1. The van der Waals surface area contributed by atoms with E-state index >= 15 is 0 Å². The Morgan fingerprint density at radius 3 is 2.54 bits per heavy atom. The summed E-state index contributed by atoms with van der Waals surface area (Å²) < 4.78 is 38.4. The van der Waals surface area contributed by atoms with E-state index in [4.69, 9.17) is 5.73 Å². The first-order valence-corrected chi connectivity index (χ1v) is 7.60. The van der Waals surface area contributed by atoms with Crippen molar-refractivity contribution in [2.75, 3.05) is 26.2 Å². The van der Waals surface area contributed by atoms with E-state index in [1.165, 1.54) is 13.0 Å². The van der Waals surface area contributed by atoms with Crippen LogP contribution in [-0.2, 0) is 22.3 Å². The number of amides is 2. The van der Waals surface area contributed by atoms with Crippen LogP contribution >= 0.6 is 0 Å². The molecule has 0 saturated carbocycles. The minimum Gasteiger partial charge on any atom is -0.369 e. The molecule has 1 aliphatic heterocycles. The Morgan fingerprint density at radius 2 is 1.96 bits per heavy atom. The number of nitrogens with zero attached hydrogens (tertiary/aromatic N) is 2. The van der Waals surface area contributed by atoms with E-state index in [0.717, 1.165) is 12.1 Å². The smallest absolute Gasteiger partial charge is 0.369 e. The molecule has 1 saturated heterocycles. The van der Waals surface area contributed by atoms with E-state index in [1.54, 1.807) is 11.0 Å². The number of hydrogen-bond donors (Lipinski definition) is 1. The maximum Gasteiger partial charge on any atom is 0.416 e. The van der Waals surface area contributed by atoms with Gasteiger partial charge in [0, 0.05) is 39.6 Å². The molecule has 5 nitrogen and oxygen atoms in total. The molecule has 2 N–H and O–H groups in total. The molecule has 1 aromatic carbocycles. The number of alkyl halides is 3. The largest absolute Gasteiger partial charge is 0.416 e. The number of primary amides is 1. The highest BCUT2D eigenvalue weighted by molar-refractivity contribution is 5.79. The maximum absolute atomic E-state index is 12.8. The van der Waals surface area contributed by atoms with Crippen molar-refractivity contribution < 1.29 is 22.8 Å². The number of carbonyl (C=O) groups excluding carboxylic acids is 2. The standard InChI is InChI=1S/C16H20F3N3O2/c1-11(23)22-6-5-21(9-13(10-22)15(20)24)8-12-3-2-4-14(7-12)16(17,18)19/h2-4,7,13H,5-6,8-10H2,1H3,(H2,20,24)/t13-/m0/s1. The number of halogens is 3.